The quantitative estimate of drug-likeness (QED) is 0.806. The van der Waals surface area contributed by atoms with Gasteiger partial charge in [-0.3, -0.25) is 14.2 Å². The summed E-state index contributed by atoms with van der Waals surface area (Å²) < 4.78 is 1.63. The normalized spacial score (nSPS) is 18.3. The number of aryl methyl sites for hydroxylation is 3. The van der Waals surface area contributed by atoms with Crippen LogP contribution in [-0.4, -0.2) is 58.5 Å². The van der Waals surface area contributed by atoms with Gasteiger partial charge in [-0.1, -0.05) is 0 Å². The Kier molecular flexibility index (Phi) is 5.32. The lowest BCUT2D eigenvalue weighted by Gasteiger charge is -2.35. The lowest BCUT2D eigenvalue weighted by Crippen LogP contribution is -2.44. The van der Waals surface area contributed by atoms with Crippen molar-refractivity contribution in [3.63, 3.8) is 0 Å². The van der Waals surface area contributed by atoms with Gasteiger partial charge in [0.25, 0.3) is 5.56 Å². The molecule has 0 unspecified atom stereocenters. The molecule has 6 nitrogen and oxygen atoms in total. The molecule has 1 fully saturated rings. The highest BCUT2D eigenvalue weighted by atomic mass is 32.1. The summed E-state index contributed by atoms with van der Waals surface area (Å²) in [6.07, 6.45) is 8.43. The number of carbonyl (C=O) groups is 1. The van der Waals surface area contributed by atoms with Crippen molar-refractivity contribution in [3.05, 3.63) is 27.1 Å². The lowest BCUT2D eigenvalue weighted by molar-refractivity contribution is -0.132. The first-order chi connectivity index (χ1) is 13.0. The van der Waals surface area contributed by atoms with Crippen molar-refractivity contribution in [1.29, 1.82) is 0 Å². The molecule has 2 aliphatic rings. The van der Waals surface area contributed by atoms with Crippen molar-refractivity contribution >= 4 is 27.5 Å². The van der Waals surface area contributed by atoms with Gasteiger partial charge in [-0.25, -0.2) is 4.98 Å². The summed E-state index contributed by atoms with van der Waals surface area (Å²) in [5.41, 5.74) is 1.24. The maximum absolute atomic E-state index is 13.0. The number of hydrogen-bond donors (Lipinski definition) is 0. The summed E-state index contributed by atoms with van der Waals surface area (Å²) in [6.45, 7) is 2.04. The van der Waals surface area contributed by atoms with Gasteiger partial charge in [-0.15, -0.1) is 11.3 Å². The molecule has 0 aromatic carbocycles. The van der Waals surface area contributed by atoms with Crippen molar-refractivity contribution in [1.82, 2.24) is 19.4 Å². The molecular formula is C20H28N4O2S. The second-order valence-electron chi connectivity index (χ2n) is 7.96. The molecule has 3 heterocycles. The summed E-state index contributed by atoms with van der Waals surface area (Å²) in [4.78, 5) is 36.5. The second-order valence-corrected chi connectivity index (χ2v) is 9.04. The Morgan fingerprint density at radius 3 is 2.74 bits per heavy atom. The second kappa shape index (κ2) is 7.72. The number of carbonyl (C=O) groups excluding carboxylic acids is 1. The minimum Gasteiger partial charge on any atom is -0.343 e. The Balaban J connectivity index is 1.44. The van der Waals surface area contributed by atoms with Gasteiger partial charge in [-0.05, 0) is 58.2 Å². The van der Waals surface area contributed by atoms with E-state index in [0.717, 1.165) is 55.4 Å². The highest BCUT2D eigenvalue weighted by molar-refractivity contribution is 7.18. The molecule has 1 aliphatic carbocycles. The minimum absolute atomic E-state index is 0.0264. The Hall–Kier alpha value is -1.73. The first-order valence-corrected chi connectivity index (χ1v) is 10.8. The Morgan fingerprint density at radius 1 is 1.26 bits per heavy atom. The van der Waals surface area contributed by atoms with E-state index in [0.29, 0.717) is 19.0 Å². The maximum atomic E-state index is 13.0. The SMILES string of the molecule is CN(C)C1CCN(C(=O)CCn2cnc3sc4c(c3c2=O)CCCC4)CC1. The molecule has 0 radical (unpaired) electrons. The van der Waals surface area contributed by atoms with Crippen molar-refractivity contribution < 1.29 is 4.79 Å². The summed E-state index contributed by atoms with van der Waals surface area (Å²) in [5, 5.41) is 0.802. The zero-order valence-corrected chi connectivity index (χ0v) is 17.1. The maximum Gasteiger partial charge on any atom is 0.262 e. The van der Waals surface area contributed by atoms with E-state index in [1.165, 1.54) is 16.9 Å². The molecular weight excluding hydrogens is 360 g/mol. The third-order valence-electron chi connectivity index (χ3n) is 6.06. The monoisotopic (exact) mass is 388 g/mol. The van der Waals surface area contributed by atoms with Crippen molar-refractivity contribution in [2.75, 3.05) is 27.2 Å². The van der Waals surface area contributed by atoms with Gasteiger partial charge in [0.15, 0.2) is 0 Å². The van der Waals surface area contributed by atoms with Gasteiger partial charge in [0, 0.05) is 37.0 Å². The van der Waals surface area contributed by atoms with Gasteiger partial charge in [0.05, 0.1) is 11.7 Å². The number of amides is 1. The molecule has 1 aliphatic heterocycles. The Bertz CT molecular complexity index is 893. The fourth-order valence-corrected chi connectivity index (χ4v) is 5.57. The van der Waals surface area contributed by atoms with E-state index in [1.54, 1.807) is 22.2 Å². The molecule has 1 amide bonds. The number of likely N-dealkylation sites (tertiary alicyclic amines) is 1. The summed E-state index contributed by atoms with van der Waals surface area (Å²) >= 11 is 1.67. The van der Waals surface area contributed by atoms with Crippen LogP contribution in [0.4, 0.5) is 0 Å². The number of thiophene rings is 1. The van der Waals surface area contributed by atoms with Crippen LogP contribution in [0.5, 0.6) is 0 Å². The molecule has 1 saturated heterocycles. The molecule has 146 valence electrons. The number of piperidine rings is 1. The fourth-order valence-electron chi connectivity index (χ4n) is 4.35. The van der Waals surface area contributed by atoms with Crippen LogP contribution in [0.2, 0.25) is 0 Å². The van der Waals surface area contributed by atoms with E-state index < -0.39 is 0 Å². The number of aromatic nitrogens is 2. The average Bonchev–Trinajstić information content (AvgIpc) is 3.06. The number of nitrogens with zero attached hydrogens (tertiary/aromatic N) is 4. The molecule has 27 heavy (non-hydrogen) atoms. The standard InChI is InChI=1S/C20H28N4O2S/c1-22(2)14-7-10-23(11-8-14)17(25)9-12-24-13-21-19-18(20(24)26)15-5-3-4-6-16(15)27-19/h13-14H,3-12H2,1-2H3. The number of rotatable bonds is 4. The largest absolute Gasteiger partial charge is 0.343 e. The third kappa shape index (κ3) is 3.67. The van der Waals surface area contributed by atoms with Crippen LogP contribution in [0.3, 0.4) is 0 Å². The van der Waals surface area contributed by atoms with Gasteiger partial charge in [0.2, 0.25) is 5.91 Å². The van der Waals surface area contributed by atoms with E-state index in [9.17, 15) is 9.59 Å². The van der Waals surface area contributed by atoms with Crippen LogP contribution in [-0.2, 0) is 24.2 Å². The molecule has 2 aromatic rings. The molecule has 0 bridgehead atoms. The predicted octanol–water partition coefficient (Wildman–Crippen LogP) is 2.28. The summed E-state index contributed by atoms with van der Waals surface area (Å²) in [5.74, 6) is 0.145. The zero-order chi connectivity index (χ0) is 19.0. The third-order valence-corrected chi connectivity index (χ3v) is 7.26. The van der Waals surface area contributed by atoms with Gasteiger partial charge in [0.1, 0.15) is 4.83 Å². The first kappa shape index (κ1) is 18.6. The molecule has 7 heteroatoms. The van der Waals surface area contributed by atoms with Crippen LogP contribution in [0.25, 0.3) is 10.2 Å². The smallest absolute Gasteiger partial charge is 0.262 e. The van der Waals surface area contributed by atoms with Gasteiger partial charge in [-0.2, -0.15) is 0 Å². The predicted molar refractivity (Wildman–Crippen MR) is 108 cm³/mol. The Labute approximate surface area is 163 Å². The fraction of sp³-hybridized carbons (Fsp3) is 0.650. The van der Waals surface area contributed by atoms with Gasteiger partial charge >= 0.3 is 0 Å². The molecule has 2 aromatic heterocycles. The van der Waals surface area contributed by atoms with Crippen molar-refractivity contribution in [2.24, 2.45) is 0 Å². The number of hydrogen-bond acceptors (Lipinski definition) is 5. The van der Waals surface area contributed by atoms with E-state index in [2.05, 4.69) is 24.0 Å². The van der Waals surface area contributed by atoms with E-state index in [-0.39, 0.29) is 11.5 Å². The van der Waals surface area contributed by atoms with E-state index >= 15 is 0 Å². The minimum atomic E-state index is 0.0264. The van der Waals surface area contributed by atoms with Gasteiger partial charge < -0.3 is 9.80 Å². The summed E-state index contributed by atoms with van der Waals surface area (Å²) in [6, 6.07) is 0.563. The molecule has 0 atom stereocenters. The molecule has 0 N–H and O–H groups in total. The average molecular weight is 389 g/mol. The highest BCUT2D eigenvalue weighted by Gasteiger charge is 2.24. The van der Waals surface area contributed by atoms with E-state index in [4.69, 9.17) is 0 Å². The molecule has 0 saturated carbocycles. The number of fused-ring (bicyclic) bond motifs is 3. The van der Waals surface area contributed by atoms with Crippen LogP contribution >= 0.6 is 11.3 Å². The van der Waals surface area contributed by atoms with Crippen molar-refractivity contribution in [3.8, 4) is 0 Å². The van der Waals surface area contributed by atoms with Crippen LogP contribution in [0.15, 0.2) is 11.1 Å². The van der Waals surface area contributed by atoms with Crippen LogP contribution in [0.1, 0.15) is 42.5 Å². The Morgan fingerprint density at radius 2 is 2.00 bits per heavy atom. The molecule has 0 spiro atoms. The lowest BCUT2D eigenvalue weighted by atomic mass is 9.97. The van der Waals surface area contributed by atoms with Crippen molar-refractivity contribution in [2.45, 2.75) is 57.5 Å². The summed E-state index contributed by atoms with van der Waals surface area (Å²) in [7, 11) is 4.20. The zero-order valence-electron chi connectivity index (χ0n) is 16.2. The highest BCUT2D eigenvalue weighted by Crippen LogP contribution is 2.33. The van der Waals surface area contributed by atoms with Crippen LogP contribution in [0, 0.1) is 0 Å². The molecule has 4 rings (SSSR count). The first-order valence-electron chi connectivity index (χ1n) is 9.98. The topological polar surface area (TPSA) is 58.4 Å². The van der Waals surface area contributed by atoms with E-state index in [1.807, 2.05) is 4.90 Å². The van der Waals surface area contributed by atoms with Crippen LogP contribution < -0.4 is 5.56 Å².